The molecule has 3 N–H and O–H groups in total. The first-order chi connectivity index (χ1) is 9.67. The van der Waals surface area contributed by atoms with E-state index in [-0.39, 0.29) is 5.69 Å². The van der Waals surface area contributed by atoms with Crippen molar-refractivity contribution in [3.05, 3.63) is 45.3 Å². The Morgan fingerprint density at radius 2 is 2.10 bits per heavy atom. The zero-order valence-corrected chi connectivity index (χ0v) is 12.5. The number of imidazole rings is 2. The second-order valence-corrected chi connectivity index (χ2v) is 5.29. The van der Waals surface area contributed by atoms with Crippen LogP contribution in [0.5, 0.6) is 0 Å². The summed E-state index contributed by atoms with van der Waals surface area (Å²) in [7, 11) is 0. The summed E-state index contributed by atoms with van der Waals surface area (Å²) in [6.45, 7) is 3.60. The lowest BCUT2D eigenvalue weighted by atomic mass is 10.2. The van der Waals surface area contributed by atoms with Crippen molar-refractivity contribution in [1.82, 2.24) is 19.5 Å². The number of hydrogen-bond acceptors (Lipinski definition) is 3. The lowest BCUT2D eigenvalue weighted by molar-refractivity contribution is 0.708. The van der Waals surface area contributed by atoms with E-state index in [2.05, 4.69) is 47.7 Å². The zero-order valence-electron chi connectivity index (χ0n) is 10.9. The minimum absolute atomic E-state index is 0.203. The van der Waals surface area contributed by atoms with Crippen LogP contribution in [0.2, 0.25) is 0 Å². The molecule has 0 spiro atoms. The van der Waals surface area contributed by atoms with Gasteiger partial charge in [0.25, 0.3) is 0 Å². The maximum atomic E-state index is 11.3. The molecule has 7 heteroatoms. The molecule has 0 unspecified atom stereocenters. The lowest BCUT2D eigenvalue weighted by Crippen LogP contribution is -2.07. The second-order valence-electron chi connectivity index (χ2n) is 4.44. The first kappa shape index (κ1) is 13.0. The van der Waals surface area contributed by atoms with E-state index in [1.165, 1.54) is 0 Å². The Morgan fingerprint density at radius 3 is 2.85 bits per heavy atom. The van der Waals surface area contributed by atoms with Crippen molar-refractivity contribution in [3.63, 3.8) is 0 Å². The summed E-state index contributed by atoms with van der Waals surface area (Å²) in [5, 5.41) is 3.33. The Balaban J connectivity index is 1.87. The van der Waals surface area contributed by atoms with Gasteiger partial charge in [0.05, 0.1) is 23.3 Å². The molecule has 2 heterocycles. The van der Waals surface area contributed by atoms with Crippen molar-refractivity contribution in [1.29, 1.82) is 0 Å². The Hall–Kier alpha value is -2.02. The van der Waals surface area contributed by atoms with Gasteiger partial charge in [-0.3, -0.25) is 0 Å². The predicted molar refractivity (Wildman–Crippen MR) is 81.8 cm³/mol. The van der Waals surface area contributed by atoms with Crippen LogP contribution in [0.15, 0.2) is 33.8 Å². The van der Waals surface area contributed by atoms with Gasteiger partial charge in [-0.15, -0.1) is 0 Å². The maximum Gasteiger partial charge on any atom is 0.323 e. The molecule has 0 aliphatic carbocycles. The molecule has 0 bridgehead atoms. The quantitative estimate of drug-likeness (QED) is 0.685. The van der Waals surface area contributed by atoms with E-state index < -0.39 is 0 Å². The van der Waals surface area contributed by atoms with Crippen LogP contribution in [0, 0.1) is 0 Å². The number of hydrogen-bond donors (Lipinski definition) is 3. The van der Waals surface area contributed by atoms with E-state index >= 15 is 0 Å². The summed E-state index contributed by atoms with van der Waals surface area (Å²) >= 11 is 3.50. The standard InChI is InChI=1S/C13H14BrN5O/c1-2-19-4-3-15-12(19)7-16-9-6-11-10(5-8(9)14)17-13(20)18-11/h3-6,16H,2,7H2,1H3,(H2,17,18,20). The van der Waals surface area contributed by atoms with E-state index in [9.17, 15) is 4.79 Å². The van der Waals surface area contributed by atoms with Gasteiger partial charge < -0.3 is 19.9 Å². The first-order valence-corrected chi connectivity index (χ1v) is 7.12. The number of benzene rings is 1. The molecule has 0 saturated carbocycles. The van der Waals surface area contributed by atoms with Crippen molar-refractivity contribution in [2.24, 2.45) is 0 Å². The Labute approximate surface area is 123 Å². The third-order valence-electron chi connectivity index (χ3n) is 3.18. The molecular formula is C13H14BrN5O. The highest BCUT2D eigenvalue weighted by atomic mass is 79.9. The molecule has 20 heavy (non-hydrogen) atoms. The predicted octanol–water partition coefficient (Wildman–Crippen LogP) is 2.45. The minimum Gasteiger partial charge on any atom is -0.377 e. The average Bonchev–Trinajstić information content (AvgIpc) is 3.00. The molecule has 0 aliphatic rings. The molecular weight excluding hydrogens is 322 g/mol. The fraction of sp³-hybridized carbons (Fsp3) is 0.231. The molecule has 3 rings (SSSR count). The number of fused-ring (bicyclic) bond motifs is 1. The molecule has 0 amide bonds. The fourth-order valence-electron chi connectivity index (χ4n) is 2.16. The number of aromatic nitrogens is 4. The van der Waals surface area contributed by atoms with E-state index in [4.69, 9.17) is 0 Å². The summed E-state index contributed by atoms with van der Waals surface area (Å²) in [5.74, 6) is 0.974. The van der Waals surface area contributed by atoms with Crippen molar-refractivity contribution < 1.29 is 0 Å². The van der Waals surface area contributed by atoms with E-state index in [1.807, 2.05) is 18.3 Å². The molecule has 3 aromatic rings. The van der Waals surface area contributed by atoms with Crippen LogP contribution in [-0.2, 0) is 13.1 Å². The Bertz CT molecular complexity index is 801. The first-order valence-electron chi connectivity index (χ1n) is 6.33. The second kappa shape index (κ2) is 5.16. The number of H-pyrrole nitrogens is 2. The number of halogens is 1. The van der Waals surface area contributed by atoms with Gasteiger partial charge in [0.1, 0.15) is 5.82 Å². The summed E-state index contributed by atoms with van der Waals surface area (Å²) in [6.07, 6.45) is 3.75. The lowest BCUT2D eigenvalue weighted by Gasteiger charge is -2.09. The van der Waals surface area contributed by atoms with Crippen LogP contribution in [0.4, 0.5) is 5.69 Å². The van der Waals surface area contributed by atoms with Gasteiger partial charge in [-0.2, -0.15) is 0 Å². The Kier molecular flexibility index (Phi) is 3.35. The van der Waals surface area contributed by atoms with Gasteiger partial charge in [-0.05, 0) is 35.0 Å². The van der Waals surface area contributed by atoms with Crippen molar-refractivity contribution in [3.8, 4) is 0 Å². The molecule has 0 radical (unpaired) electrons. The van der Waals surface area contributed by atoms with Gasteiger partial charge in [0.2, 0.25) is 0 Å². The van der Waals surface area contributed by atoms with Crippen molar-refractivity contribution >= 4 is 32.7 Å². The number of aryl methyl sites for hydroxylation is 1. The third-order valence-corrected chi connectivity index (χ3v) is 3.84. The summed E-state index contributed by atoms with van der Waals surface area (Å²) in [5.41, 5.74) is 2.27. The van der Waals surface area contributed by atoms with Gasteiger partial charge in [0.15, 0.2) is 0 Å². The Morgan fingerprint density at radius 1 is 1.35 bits per heavy atom. The molecule has 2 aromatic heterocycles. The molecule has 0 aliphatic heterocycles. The van der Waals surface area contributed by atoms with Crippen molar-refractivity contribution in [2.45, 2.75) is 20.0 Å². The van der Waals surface area contributed by atoms with Crippen molar-refractivity contribution in [2.75, 3.05) is 5.32 Å². The molecule has 104 valence electrons. The average molecular weight is 336 g/mol. The monoisotopic (exact) mass is 335 g/mol. The van der Waals surface area contributed by atoms with Gasteiger partial charge in [0, 0.05) is 23.4 Å². The van der Waals surface area contributed by atoms with Gasteiger partial charge >= 0.3 is 5.69 Å². The van der Waals surface area contributed by atoms with Crippen LogP contribution in [-0.4, -0.2) is 19.5 Å². The molecule has 0 fully saturated rings. The van der Waals surface area contributed by atoms with Crippen LogP contribution >= 0.6 is 15.9 Å². The van der Waals surface area contributed by atoms with E-state index in [1.54, 1.807) is 6.20 Å². The summed E-state index contributed by atoms with van der Waals surface area (Å²) < 4.78 is 2.98. The normalized spacial score (nSPS) is 11.1. The number of anilines is 1. The van der Waals surface area contributed by atoms with Gasteiger partial charge in [-0.25, -0.2) is 9.78 Å². The van der Waals surface area contributed by atoms with Crippen LogP contribution in [0.1, 0.15) is 12.7 Å². The van der Waals surface area contributed by atoms with Crippen LogP contribution in [0.3, 0.4) is 0 Å². The largest absolute Gasteiger partial charge is 0.377 e. The number of nitrogens with one attached hydrogen (secondary N) is 3. The van der Waals surface area contributed by atoms with E-state index in [0.29, 0.717) is 6.54 Å². The third kappa shape index (κ3) is 2.36. The molecule has 0 atom stereocenters. The van der Waals surface area contributed by atoms with Crippen LogP contribution in [0.25, 0.3) is 11.0 Å². The smallest absolute Gasteiger partial charge is 0.323 e. The highest BCUT2D eigenvalue weighted by Gasteiger charge is 2.07. The zero-order chi connectivity index (χ0) is 14.1. The minimum atomic E-state index is -0.203. The number of rotatable bonds is 4. The molecule has 0 saturated heterocycles. The molecule has 1 aromatic carbocycles. The number of nitrogens with zero attached hydrogens (tertiary/aromatic N) is 2. The van der Waals surface area contributed by atoms with E-state index in [0.717, 1.165) is 33.6 Å². The summed E-state index contributed by atoms with van der Waals surface area (Å²) in [4.78, 5) is 21.1. The topological polar surface area (TPSA) is 78.5 Å². The fourth-order valence-corrected chi connectivity index (χ4v) is 2.64. The number of aromatic amines is 2. The highest BCUT2D eigenvalue weighted by Crippen LogP contribution is 2.26. The SMILES string of the molecule is CCn1ccnc1CNc1cc2[nH]c(=O)[nH]c2cc1Br. The highest BCUT2D eigenvalue weighted by molar-refractivity contribution is 9.10. The van der Waals surface area contributed by atoms with Gasteiger partial charge in [-0.1, -0.05) is 0 Å². The van der Waals surface area contributed by atoms with Crippen LogP contribution < -0.4 is 11.0 Å². The summed E-state index contributed by atoms with van der Waals surface area (Å²) in [6, 6.07) is 3.78. The molecule has 6 nitrogen and oxygen atoms in total. The maximum absolute atomic E-state index is 11.3.